The minimum Gasteiger partial charge on any atom is -0.494 e. The van der Waals surface area contributed by atoms with Crippen molar-refractivity contribution >= 4 is 0 Å². The zero-order valence-electron chi connectivity index (χ0n) is 10.6. The summed E-state index contributed by atoms with van der Waals surface area (Å²) >= 11 is 0. The largest absolute Gasteiger partial charge is 0.494 e. The van der Waals surface area contributed by atoms with E-state index in [2.05, 4.69) is 10.6 Å². The number of hydrogen-bond donors (Lipinski definition) is 2. The van der Waals surface area contributed by atoms with E-state index in [0.717, 1.165) is 18.9 Å². The minimum absolute atomic E-state index is 0.0683. The molecule has 2 N–H and O–H groups in total. The smallest absolute Gasteiger partial charge is 0.165 e. The lowest BCUT2D eigenvalue weighted by Crippen LogP contribution is -2.31. The van der Waals surface area contributed by atoms with E-state index in [1.54, 1.807) is 7.05 Å². The third-order valence-electron chi connectivity index (χ3n) is 3.18. The number of ether oxygens (including phenoxy) is 1. The van der Waals surface area contributed by atoms with Crippen LogP contribution < -0.4 is 15.4 Å². The fourth-order valence-corrected chi connectivity index (χ4v) is 1.91. The van der Waals surface area contributed by atoms with Gasteiger partial charge in [0.15, 0.2) is 11.6 Å². The molecule has 1 aromatic rings. The van der Waals surface area contributed by atoms with Crippen molar-refractivity contribution in [2.24, 2.45) is 0 Å². The van der Waals surface area contributed by atoms with Gasteiger partial charge in [0.2, 0.25) is 0 Å². The molecule has 3 nitrogen and oxygen atoms in total. The lowest BCUT2D eigenvalue weighted by atomic mass is 10.1. The van der Waals surface area contributed by atoms with Gasteiger partial charge in [0, 0.05) is 30.3 Å². The van der Waals surface area contributed by atoms with Crippen molar-refractivity contribution in [3.63, 3.8) is 0 Å². The molecule has 1 saturated carbocycles. The minimum atomic E-state index is -0.541. The van der Waals surface area contributed by atoms with Crippen molar-refractivity contribution in [1.29, 1.82) is 0 Å². The molecule has 0 aliphatic heterocycles. The molecule has 0 bridgehead atoms. The van der Waals surface area contributed by atoms with Crippen LogP contribution in [-0.2, 0) is 0 Å². The van der Waals surface area contributed by atoms with Crippen LogP contribution in [0.1, 0.15) is 24.4 Å². The number of halogens is 2. The van der Waals surface area contributed by atoms with Crippen LogP contribution in [0.5, 0.6) is 5.75 Å². The molecule has 0 heterocycles. The molecule has 2 rings (SSSR count). The molecule has 1 aliphatic carbocycles. The molecule has 1 unspecified atom stereocenters. The van der Waals surface area contributed by atoms with Crippen LogP contribution in [0.2, 0.25) is 0 Å². The predicted molar refractivity (Wildman–Crippen MR) is 65.7 cm³/mol. The average Bonchev–Trinajstić information content (AvgIpc) is 3.17. The Morgan fingerprint density at radius 1 is 1.33 bits per heavy atom. The Balaban J connectivity index is 2.15. The molecule has 1 fully saturated rings. The third kappa shape index (κ3) is 2.97. The van der Waals surface area contributed by atoms with Gasteiger partial charge in [-0.1, -0.05) is 0 Å². The summed E-state index contributed by atoms with van der Waals surface area (Å²) in [5, 5.41) is 6.30. The van der Waals surface area contributed by atoms with Crippen molar-refractivity contribution in [2.75, 3.05) is 20.7 Å². The highest BCUT2D eigenvalue weighted by Crippen LogP contribution is 2.26. The first-order valence-corrected chi connectivity index (χ1v) is 6.09. The Bertz CT molecular complexity index is 422. The van der Waals surface area contributed by atoms with Gasteiger partial charge < -0.3 is 15.4 Å². The molecule has 100 valence electrons. The lowest BCUT2D eigenvalue weighted by Gasteiger charge is -2.18. The second-order valence-corrected chi connectivity index (χ2v) is 4.53. The van der Waals surface area contributed by atoms with Crippen LogP contribution in [0, 0.1) is 11.6 Å². The van der Waals surface area contributed by atoms with E-state index < -0.39 is 11.6 Å². The zero-order valence-corrected chi connectivity index (χ0v) is 10.6. The maximum atomic E-state index is 13.9. The Hall–Kier alpha value is -1.20. The van der Waals surface area contributed by atoms with Crippen LogP contribution in [0.25, 0.3) is 0 Å². The quantitative estimate of drug-likeness (QED) is 0.816. The second-order valence-electron chi connectivity index (χ2n) is 4.53. The fourth-order valence-electron chi connectivity index (χ4n) is 1.91. The highest BCUT2D eigenvalue weighted by Gasteiger charge is 2.23. The van der Waals surface area contributed by atoms with E-state index >= 15 is 0 Å². The van der Waals surface area contributed by atoms with Gasteiger partial charge in [-0.2, -0.15) is 0 Å². The topological polar surface area (TPSA) is 33.3 Å². The Morgan fingerprint density at radius 2 is 2.06 bits per heavy atom. The van der Waals surface area contributed by atoms with E-state index in [4.69, 9.17) is 4.74 Å². The second kappa shape index (κ2) is 5.63. The molecule has 1 aromatic carbocycles. The van der Waals surface area contributed by atoms with Gasteiger partial charge in [-0.05, 0) is 26.0 Å². The summed E-state index contributed by atoms with van der Waals surface area (Å²) in [4.78, 5) is 0. The zero-order chi connectivity index (χ0) is 13.1. The fraction of sp³-hybridized carbons (Fsp3) is 0.538. The Kier molecular flexibility index (Phi) is 4.14. The van der Waals surface area contributed by atoms with Crippen LogP contribution >= 0.6 is 0 Å². The maximum absolute atomic E-state index is 13.9. The molecule has 0 spiro atoms. The summed E-state index contributed by atoms with van der Waals surface area (Å²) in [6, 6.07) is 2.58. The molecule has 1 atom stereocenters. The monoisotopic (exact) mass is 256 g/mol. The average molecular weight is 256 g/mol. The van der Waals surface area contributed by atoms with E-state index in [1.165, 1.54) is 13.2 Å². The predicted octanol–water partition coefficient (Wildman–Crippen LogP) is 1.99. The first-order chi connectivity index (χ1) is 8.65. The van der Waals surface area contributed by atoms with E-state index in [9.17, 15) is 8.78 Å². The number of rotatable bonds is 6. The van der Waals surface area contributed by atoms with Crippen LogP contribution in [-0.4, -0.2) is 26.7 Å². The summed E-state index contributed by atoms with van der Waals surface area (Å²) in [5.74, 6) is -1.06. The third-order valence-corrected chi connectivity index (χ3v) is 3.18. The summed E-state index contributed by atoms with van der Waals surface area (Å²) in [7, 11) is 3.06. The SMILES string of the molecule is CNC(CNC1CC1)c1cc(F)c(OC)cc1F. The van der Waals surface area contributed by atoms with E-state index in [-0.39, 0.29) is 11.8 Å². The number of nitrogens with one attached hydrogen (secondary N) is 2. The highest BCUT2D eigenvalue weighted by molar-refractivity contribution is 5.32. The summed E-state index contributed by atoms with van der Waals surface area (Å²) in [6.07, 6.45) is 2.33. The van der Waals surface area contributed by atoms with Gasteiger partial charge in [-0.25, -0.2) is 8.78 Å². The van der Waals surface area contributed by atoms with Gasteiger partial charge >= 0.3 is 0 Å². The van der Waals surface area contributed by atoms with E-state index in [0.29, 0.717) is 18.2 Å². The van der Waals surface area contributed by atoms with Crippen molar-refractivity contribution < 1.29 is 13.5 Å². The first kappa shape index (κ1) is 13.2. The maximum Gasteiger partial charge on any atom is 0.165 e. The summed E-state index contributed by atoms with van der Waals surface area (Å²) in [5.41, 5.74) is 0.323. The van der Waals surface area contributed by atoms with Crippen LogP contribution in [0.15, 0.2) is 12.1 Å². The molecule has 0 amide bonds. The van der Waals surface area contributed by atoms with Crippen molar-refractivity contribution in [3.05, 3.63) is 29.3 Å². The van der Waals surface area contributed by atoms with Gasteiger partial charge in [-0.3, -0.25) is 0 Å². The van der Waals surface area contributed by atoms with Crippen molar-refractivity contribution in [1.82, 2.24) is 10.6 Å². The molecule has 18 heavy (non-hydrogen) atoms. The van der Waals surface area contributed by atoms with Gasteiger partial charge in [0.1, 0.15) is 5.82 Å². The van der Waals surface area contributed by atoms with Gasteiger partial charge in [0.05, 0.1) is 7.11 Å². The number of benzene rings is 1. The van der Waals surface area contributed by atoms with Crippen molar-refractivity contribution in [3.8, 4) is 5.75 Å². The van der Waals surface area contributed by atoms with Crippen LogP contribution in [0.4, 0.5) is 8.78 Å². The molecule has 5 heteroatoms. The van der Waals surface area contributed by atoms with Gasteiger partial charge in [0.25, 0.3) is 0 Å². The Labute approximate surface area is 106 Å². The standard InChI is InChI=1S/C13H18F2N2O/c1-16-12(7-17-8-3-4-8)9-5-11(15)13(18-2)6-10(9)14/h5-6,8,12,16-17H,3-4,7H2,1-2H3. The molecule has 0 radical (unpaired) electrons. The number of likely N-dealkylation sites (N-methyl/N-ethyl adjacent to an activating group) is 1. The molecule has 1 aliphatic rings. The molecule has 0 saturated heterocycles. The van der Waals surface area contributed by atoms with Crippen LogP contribution in [0.3, 0.4) is 0 Å². The van der Waals surface area contributed by atoms with E-state index in [1.807, 2.05) is 0 Å². The normalized spacial score (nSPS) is 16.7. The molecular formula is C13H18F2N2O. The number of hydrogen-bond acceptors (Lipinski definition) is 3. The highest BCUT2D eigenvalue weighted by atomic mass is 19.1. The first-order valence-electron chi connectivity index (χ1n) is 6.09. The Morgan fingerprint density at radius 3 is 2.61 bits per heavy atom. The van der Waals surface area contributed by atoms with Crippen molar-refractivity contribution in [2.45, 2.75) is 24.9 Å². The summed E-state index contributed by atoms with van der Waals surface area (Å²) in [6.45, 7) is 0.587. The molecular weight excluding hydrogens is 238 g/mol. The summed E-state index contributed by atoms with van der Waals surface area (Å²) < 4.78 is 32.2. The molecule has 0 aromatic heterocycles. The number of methoxy groups -OCH3 is 1. The lowest BCUT2D eigenvalue weighted by molar-refractivity contribution is 0.379. The van der Waals surface area contributed by atoms with Gasteiger partial charge in [-0.15, -0.1) is 0 Å².